The Balaban J connectivity index is 1.66. The van der Waals surface area contributed by atoms with Gasteiger partial charge < -0.3 is 9.84 Å². The van der Waals surface area contributed by atoms with Crippen molar-refractivity contribution in [3.05, 3.63) is 36.2 Å². The number of aryl methyl sites for hydroxylation is 1. The van der Waals surface area contributed by atoms with Gasteiger partial charge >= 0.3 is 0 Å². The fourth-order valence-electron chi connectivity index (χ4n) is 3.28. The fourth-order valence-corrected chi connectivity index (χ4v) is 4.20. The molecule has 1 N–H and O–H groups in total. The van der Waals surface area contributed by atoms with Crippen LogP contribution in [-0.4, -0.2) is 21.0 Å². The first-order valence-corrected chi connectivity index (χ1v) is 9.70. The van der Waals surface area contributed by atoms with Crippen LogP contribution in [0.2, 0.25) is 0 Å². The summed E-state index contributed by atoms with van der Waals surface area (Å²) in [7, 11) is 0. The molecule has 2 aromatic heterocycles. The molecule has 0 unspecified atom stereocenters. The van der Waals surface area contributed by atoms with Crippen molar-refractivity contribution in [3.63, 3.8) is 0 Å². The molecule has 6 nitrogen and oxygen atoms in total. The second-order valence-corrected chi connectivity index (χ2v) is 7.52. The van der Waals surface area contributed by atoms with Crippen LogP contribution in [0.4, 0.5) is 5.13 Å². The number of amides is 1. The van der Waals surface area contributed by atoms with E-state index in [0.717, 1.165) is 41.8 Å². The first kappa shape index (κ1) is 16.9. The van der Waals surface area contributed by atoms with E-state index < -0.39 is 0 Å². The normalized spacial score (nSPS) is 15.1. The molecule has 0 atom stereocenters. The standard InChI is InChI=1S/C19H20N4O2S/c1-12-20-17(23-25-12)16-15(13-8-4-2-5-9-13)21-19(26-16)22-18(24)14-10-6-3-7-11-14/h2,4-5,8-9,14H,3,6-7,10-11H2,1H3,(H,21,22,24). The number of rotatable bonds is 4. The maximum atomic E-state index is 12.6. The van der Waals surface area contributed by atoms with Gasteiger partial charge in [0.2, 0.25) is 17.6 Å². The number of nitrogens with zero attached hydrogens (tertiary/aromatic N) is 3. The zero-order valence-corrected chi connectivity index (χ0v) is 15.4. The number of carbonyl (C=O) groups excluding carboxylic acids is 1. The van der Waals surface area contributed by atoms with E-state index in [9.17, 15) is 4.79 Å². The lowest BCUT2D eigenvalue weighted by molar-refractivity contribution is -0.120. The smallest absolute Gasteiger partial charge is 0.229 e. The van der Waals surface area contributed by atoms with Crippen LogP contribution in [0, 0.1) is 12.8 Å². The number of thiazole rings is 1. The molecule has 26 heavy (non-hydrogen) atoms. The Morgan fingerprint density at radius 3 is 2.62 bits per heavy atom. The summed E-state index contributed by atoms with van der Waals surface area (Å²) in [5.74, 6) is 1.15. The van der Waals surface area contributed by atoms with Gasteiger partial charge in [-0.15, -0.1) is 0 Å². The highest BCUT2D eigenvalue weighted by Gasteiger charge is 2.24. The van der Waals surface area contributed by atoms with Crippen molar-refractivity contribution in [3.8, 4) is 22.0 Å². The molecule has 2 heterocycles. The Hall–Kier alpha value is -2.54. The Labute approximate surface area is 155 Å². The molecule has 0 saturated heterocycles. The molecule has 0 radical (unpaired) electrons. The first-order chi connectivity index (χ1) is 12.7. The monoisotopic (exact) mass is 368 g/mol. The molecular formula is C19H20N4O2S. The molecule has 1 fully saturated rings. The van der Waals surface area contributed by atoms with Crippen LogP contribution < -0.4 is 5.32 Å². The van der Waals surface area contributed by atoms with Crippen molar-refractivity contribution < 1.29 is 9.32 Å². The lowest BCUT2D eigenvalue weighted by Crippen LogP contribution is -2.24. The van der Waals surface area contributed by atoms with Gasteiger partial charge in [0.1, 0.15) is 4.88 Å². The molecule has 0 bridgehead atoms. The summed E-state index contributed by atoms with van der Waals surface area (Å²) in [6, 6.07) is 9.84. The maximum Gasteiger partial charge on any atom is 0.229 e. The van der Waals surface area contributed by atoms with Gasteiger partial charge in [-0.05, 0) is 12.8 Å². The van der Waals surface area contributed by atoms with Crippen molar-refractivity contribution in [2.24, 2.45) is 5.92 Å². The fraction of sp³-hybridized carbons (Fsp3) is 0.368. The maximum absolute atomic E-state index is 12.6. The summed E-state index contributed by atoms with van der Waals surface area (Å²) >= 11 is 1.39. The van der Waals surface area contributed by atoms with Gasteiger partial charge in [-0.25, -0.2) is 4.98 Å². The third kappa shape index (κ3) is 3.53. The Bertz CT molecular complexity index is 897. The van der Waals surface area contributed by atoms with Gasteiger partial charge in [0.05, 0.1) is 5.69 Å². The molecule has 1 saturated carbocycles. The quantitative estimate of drug-likeness (QED) is 0.723. The van der Waals surface area contributed by atoms with Gasteiger partial charge in [-0.1, -0.05) is 66.1 Å². The van der Waals surface area contributed by atoms with Crippen molar-refractivity contribution in [2.75, 3.05) is 5.32 Å². The number of nitrogens with one attached hydrogen (secondary N) is 1. The molecule has 1 aliphatic rings. The SMILES string of the molecule is Cc1nc(-c2sc(NC(=O)C3CCCCC3)nc2-c2ccccc2)no1. The van der Waals surface area contributed by atoms with Gasteiger partial charge in [-0.2, -0.15) is 4.98 Å². The zero-order chi connectivity index (χ0) is 17.9. The van der Waals surface area contributed by atoms with Gasteiger partial charge in [0.15, 0.2) is 5.13 Å². The van der Waals surface area contributed by atoms with Crippen LogP contribution in [0.15, 0.2) is 34.9 Å². The van der Waals surface area contributed by atoms with Crippen LogP contribution in [-0.2, 0) is 4.79 Å². The Kier molecular flexibility index (Phi) is 4.79. The molecule has 0 spiro atoms. The van der Waals surface area contributed by atoms with E-state index in [4.69, 9.17) is 4.52 Å². The van der Waals surface area contributed by atoms with Crippen molar-refractivity contribution in [2.45, 2.75) is 39.0 Å². The minimum Gasteiger partial charge on any atom is -0.339 e. The molecule has 1 amide bonds. The molecule has 1 aliphatic carbocycles. The minimum absolute atomic E-state index is 0.0638. The third-order valence-electron chi connectivity index (χ3n) is 4.61. The van der Waals surface area contributed by atoms with Crippen molar-refractivity contribution >= 4 is 22.4 Å². The van der Waals surface area contributed by atoms with E-state index in [-0.39, 0.29) is 11.8 Å². The number of aromatic nitrogens is 3. The van der Waals surface area contributed by atoms with E-state index in [0.29, 0.717) is 16.8 Å². The molecule has 1 aromatic carbocycles. The molecule has 0 aliphatic heterocycles. The third-order valence-corrected chi connectivity index (χ3v) is 5.58. The molecule has 134 valence electrons. The van der Waals surface area contributed by atoms with E-state index in [1.807, 2.05) is 30.3 Å². The van der Waals surface area contributed by atoms with Gasteiger partial charge in [0, 0.05) is 18.4 Å². The summed E-state index contributed by atoms with van der Waals surface area (Å²) < 4.78 is 5.13. The zero-order valence-electron chi connectivity index (χ0n) is 14.6. The van der Waals surface area contributed by atoms with E-state index in [1.54, 1.807) is 6.92 Å². The second-order valence-electron chi connectivity index (χ2n) is 6.52. The van der Waals surface area contributed by atoms with Gasteiger partial charge in [0.25, 0.3) is 0 Å². The van der Waals surface area contributed by atoms with Crippen LogP contribution in [0.25, 0.3) is 22.0 Å². The Morgan fingerprint density at radius 1 is 1.15 bits per heavy atom. The van der Waals surface area contributed by atoms with E-state index in [2.05, 4.69) is 20.4 Å². The minimum atomic E-state index is 0.0638. The predicted octanol–water partition coefficient (Wildman–Crippen LogP) is 4.69. The van der Waals surface area contributed by atoms with Crippen LogP contribution in [0.3, 0.4) is 0 Å². The van der Waals surface area contributed by atoms with Crippen molar-refractivity contribution in [1.82, 2.24) is 15.1 Å². The summed E-state index contributed by atoms with van der Waals surface area (Å²) in [5, 5.41) is 7.61. The lowest BCUT2D eigenvalue weighted by atomic mass is 9.89. The average Bonchev–Trinajstić information content (AvgIpc) is 3.29. The summed E-state index contributed by atoms with van der Waals surface area (Å²) in [6.07, 6.45) is 5.39. The largest absolute Gasteiger partial charge is 0.339 e. The molecule has 4 rings (SSSR count). The predicted molar refractivity (Wildman–Crippen MR) is 101 cm³/mol. The number of carbonyl (C=O) groups is 1. The first-order valence-electron chi connectivity index (χ1n) is 8.88. The molecule has 7 heteroatoms. The number of anilines is 1. The van der Waals surface area contributed by atoms with Crippen LogP contribution >= 0.6 is 11.3 Å². The highest BCUT2D eigenvalue weighted by molar-refractivity contribution is 7.19. The number of hydrogen-bond acceptors (Lipinski definition) is 6. The summed E-state index contributed by atoms with van der Waals surface area (Å²) in [6.45, 7) is 1.76. The van der Waals surface area contributed by atoms with Crippen LogP contribution in [0.5, 0.6) is 0 Å². The molecule has 3 aromatic rings. The lowest BCUT2D eigenvalue weighted by Gasteiger charge is -2.19. The second kappa shape index (κ2) is 7.37. The van der Waals surface area contributed by atoms with Gasteiger partial charge in [-0.3, -0.25) is 4.79 Å². The van der Waals surface area contributed by atoms with E-state index in [1.165, 1.54) is 17.8 Å². The average molecular weight is 368 g/mol. The number of benzene rings is 1. The van der Waals surface area contributed by atoms with E-state index >= 15 is 0 Å². The Morgan fingerprint density at radius 2 is 1.92 bits per heavy atom. The number of hydrogen-bond donors (Lipinski definition) is 1. The summed E-state index contributed by atoms with van der Waals surface area (Å²) in [5.41, 5.74) is 1.72. The summed E-state index contributed by atoms with van der Waals surface area (Å²) in [4.78, 5) is 22.4. The van der Waals surface area contributed by atoms with Crippen molar-refractivity contribution in [1.29, 1.82) is 0 Å². The van der Waals surface area contributed by atoms with Crippen LogP contribution in [0.1, 0.15) is 38.0 Å². The highest BCUT2D eigenvalue weighted by atomic mass is 32.1. The molecular weight excluding hydrogens is 348 g/mol. The topological polar surface area (TPSA) is 80.9 Å². The highest BCUT2D eigenvalue weighted by Crippen LogP contribution is 2.38.